The van der Waals surface area contributed by atoms with Crippen LogP contribution in [0.1, 0.15) is 49.6 Å². The monoisotopic (exact) mass is 342 g/mol. The summed E-state index contributed by atoms with van der Waals surface area (Å²) in [5, 5.41) is 10.8. The average Bonchev–Trinajstić information content (AvgIpc) is 3.08. The van der Waals surface area contributed by atoms with Gasteiger partial charge in [0.25, 0.3) is 5.91 Å². The summed E-state index contributed by atoms with van der Waals surface area (Å²) in [5.41, 5.74) is 1.39. The molecule has 1 N–H and O–H groups in total. The van der Waals surface area contributed by atoms with Gasteiger partial charge < -0.3 is 9.73 Å². The zero-order valence-electron chi connectivity index (χ0n) is 14.7. The van der Waals surface area contributed by atoms with Crippen LogP contribution in [-0.2, 0) is 17.8 Å². The van der Waals surface area contributed by atoms with Gasteiger partial charge in [0.15, 0.2) is 0 Å². The van der Waals surface area contributed by atoms with Crippen LogP contribution in [0.3, 0.4) is 0 Å². The van der Waals surface area contributed by atoms with E-state index in [1.807, 2.05) is 38.1 Å². The number of nitrogens with zero attached hydrogens (tertiary/aromatic N) is 3. The predicted molar refractivity (Wildman–Crippen MR) is 90.7 cm³/mol. The van der Waals surface area contributed by atoms with E-state index in [9.17, 15) is 9.59 Å². The van der Waals surface area contributed by atoms with Crippen molar-refractivity contribution in [3.05, 3.63) is 47.2 Å². The third-order valence-electron chi connectivity index (χ3n) is 4.50. The fraction of sp³-hybridized carbons (Fsp3) is 0.444. The van der Waals surface area contributed by atoms with E-state index in [-0.39, 0.29) is 18.3 Å². The minimum Gasteiger partial charge on any atom is -0.423 e. The number of hydrogen-bond donors (Lipinski definition) is 1. The summed E-state index contributed by atoms with van der Waals surface area (Å²) < 4.78 is 5.63. The van der Waals surface area contributed by atoms with Crippen LogP contribution in [0.15, 0.2) is 28.7 Å². The number of carbonyl (C=O) groups excluding carboxylic acids is 2. The first-order chi connectivity index (χ1) is 11.9. The number of carbonyl (C=O) groups is 2. The van der Waals surface area contributed by atoms with Crippen LogP contribution in [0, 0.1) is 6.92 Å². The average molecular weight is 342 g/mol. The van der Waals surface area contributed by atoms with Gasteiger partial charge in [-0.05, 0) is 31.4 Å². The van der Waals surface area contributed by atoms with Crippen molar-refractivity contribution >= 4 is 11.9 Å². The Morgan fingerprint density at radius 2 is 1.92 bits per heavy atom. The normalized spacial score (nSPS) is 20.2. The maximum atomic E-state index is 12.5. The molecule has 0 saturated carbocycles. The molecule has 132 valence electrons. The lowest BCUT2D eigenvalue weighted by Gasteiger charge is -2.20. The van der Waals surface area contributed by atoms with E-state index in [0.717, 1.165) is 22.4 Å². The number of rotatable bonds is 6. The maximum Gasteiger partial charge on any atom is 0.325 e. The fourth-order valence-electron chi connectivity index (χ4n) is 3.09. The lowest BCUT2D eigenvalue weighted by Crippen LogP contribution is -2.43. The highest BCUT2D eigenvalue weighted by Crippen LogP contribution is 2.24. The van der Waals surface area contributed by atoms with Crippen LogP contribution in [0.25, 0.3) is 0 Å². The highest BCUT2D eigenvalue weighted by atomic mass is 16.4. The second-order valence-corrected chi connectivity index (χ2v) is 6.60. The van der Waals surface area contributed by atoms with Gasteiger partial charge in [0.05, 0.1) is 6.42 Å². The van der Waals surface area contributed by atoms with E-state index in [1.54, 1.807) is 6.92 Å². The van der Waals surface area contributed by atoms with Gasteiger partial charge in [0.2, 0.25) is 11.8 Å². The van der Waals surface area contributed by atoms with Crippen molar-refractivity contribution in [2.75, 3.05) is 0 Å². The van der Waals surface area contributed by atoms with Crippen molar-refractivity contribution in [2.45, 2.75) is 52.1 Å². The van der Waals surface area contributed by atoms with Gasteiger partial charge >= 0.3 is 6.03 Å². The number of amides is 3. The number of hydrogen-bond acceptors (Lipinski definition) is 5. The van der Waals surface area contributed by atoms with E-state index >= 15 is 0 Å². The van der Waals surface area contributed by atoms with E-state index in [2.05, 4.69) is 15.5 Å². The molecule has 1 aliphatic heterocycles. The minimum absolute atomic E-state index is 0.00918. The SMILES string of the molecule is CCC[C@]1(C)NC(=O)N(Cc2nnc(Cc3ccccc3C)o2)C1=O. The van der Waals surface area contributed by atoms with Crippen LogP contribution in [-0.4, -0.2) is 32.6 Å². The van der Waals surface area contributed by atoms with Gasteiger partial charge in [-0.2, -0.15) is 0 Å². The van der Waals surface area contributed by atoms with Crippen LogP contribution in [0.2, 0.25) is 0 Å². The number of urea groups is 1. The Bertz CT molecular complexity index is 801. The molecule has 0 radical (unpaired) electrons. The molecule has 3 rings (SSSR count). The Kier molecular flexibility index (Phi) is 4.57. The highest BCUT2D eigenvalue weighted by molar-refractivity contribution is 6.06. The number of benzene rings is 1. The number of imide groups is 1. The molecule has 7 heteroatoms. The quantitative estimate of drug-likeness (QED) is 0.815. The van der Waals surface area contributed by atoms with Gasteiger partial charge in [0.1, 0.15) is 12.1 Å². The number of aromatic nitrogens is 2. The molecule has 3 amide bonds. The largest absolute Gasteiger partial charge is 0.423 e. The first-order valence-corrected chi connectivity index (χ1v) is 8.43. The Labute approximate surface area is 146 Å². The molecule has 25 heavy (non-hydrogen) atoms. The summed E-state index contributed by atoms with van der Waals surface area (Å²) in [4.78, 5) is 25.8. The van der Waals surface area contributed by atoms with Crippen LogP contribution < -0.4 is 5.32 Å². The molecule has 7 nitrogen and oxygen atoms in total. The molecule has 0 bridgehead atoms. The van der Waals surface area contributed by atoms with Gasteiger partial charge in [-0.3, -0.25) is 9.69 Å². The van der Waals surface area contributed by atoms with Crippen molar-refractivity contribution in [1.82, 2.24) is 20.4 Å². The molecule has 1 atom stereocenters. The van der Waals surface area contributed by atoms with Crippen LogP contribution in [0.4, 0.5) is 4.79 Å². The second-order valence-electron chi connectivity index (χ2n) is 6.60. The third-order valence-corrected chi connectivity index (χ3v) is 4.50. The molecule has 1 aromatic heterocycles. The highest BCUT2D eigenvalue weighted by Gasteiger charge is 2.47. The van der Waals surface area contributed by atoms with E-state index in [4.69, 9.17) is 4.42 Å². The smallest absolute Gasteiger partial charge is 0.325 e. The van der Waals surface area contributed by atoms with E-state index in [0.29, 0.717) is 18.7 Å². The molecular formula is C18H22N4O3. The van der Waals surface area contributed by atoms with Crippen molar-refractivity contribution < 1.29 is 14.0 Å². The zero-order chi connectivity index (χ0) is 18.0. The molecule has 1 aromatic carbocycles. The predicted octanol–water partition coefficient (Wildman–Crippen LogP) is 2.58. The molecular weight excluding hydrogens is 320 g/mol. The summed E-state index contributed by atoms with van der Waals surface area (Å²) in [5.74, 6) is 0.471. The van der Waals surface area contributed by atoms with Crippen LogP contribution >= 0.6 is 0 Å². The lowest BCUT2D eigenvalue weighted by molar-refractivity contribution is -0.131. The summed E-state index contributed by atoms with van der Waals surface area (Å²) in [6, 6.07) is 7.55. The lowest BCUT2D eigenvalue weighted by atomic mass is 9.96. The summed E-state index contributed by atoms with van der Waals surface area (Å²) in [7, 11) is 0. The molecule has 0 aliphatic carbocycles. The van der Waals surface area contributed by atoms with Crippen molar-refractivity contribution in [3.63, 3.8) is 0 Å². The van der Waals surface area contributed by atoms with Gasteiger partial charge in [-0.1, -0.05) is 37.6 Å². The Balaban J connectivity index is 1.70. The molecule has 1 aliphatic rings. The van der Waals surface area contributed by atoms with Crippen molar-refractivity contribution in [3.8, 4) is 0 Å². The Hall–Kier alpha value is -2.70. The first-order valence-electron chi connectivity index (χ1n) is 8.43. The number of nitrogens with one attached hydrogen (secondary N) is 1. The van der Waals surface area contributed by atoms with Gasteiger partial charge in [-0.25, -0.2) is 4.79 Å². The number of aryl methyl sites for hydroxylation is 1. The fourth-order valence-corrected chi connectivity index (χ4v) is 3.09. The molecule has 0 unspecified atom stereocenters. The zero-order valence-corrected chi connectivity index (χ0v) is 14.7. The molecule has 2 aromatic rings. The standard InChI is InChI=1S/C18H22N4O3/c1-4-9-18(3)16(23)22(17(24)19-18)11-15-21-20-14(25-15)10-13-8-6-5-7-12(13)2/h5-8H,4,9-11H2,1-3H3,(H,19,24)/t18-/m0/s1. The Morgan fingerprint density at radius 3 is 2.64 bits per heavy atom. The maximum absolute atomic E-state index is 12.5. The second kappa shape index (κ2) is 6.66. The Morgan fingerprint density at radius 1 is 1.20 bits per heavy atom. The van der Waals surface area contributed by atoms with Crippen molar-refractivity contribution in [2.24, 2.45) is 0 Å². The first kappa shape index (κ1) is 17.1. The topological polar surface area (TPSA) is 88.3 Å². The third kappa shape index (κ3) is 3.40. The van der Waals surface area contributed by atoms with Crippen LogP contribution in [0.5, 0.6) is 0 Å². The summed E-state index contributed by atoms with van der Waals surface area (Å²) >= 11 is 0. The minimum atomic E-state index is -0.851. The van der Waals surface area contributed by atoms with Gasteiger partial charge in [-0.15, -0.1) is 10.2 Å². The van der Waals surface area contributed by atoms with Crippen molar-refractivity contribution in [1.29, 1.82) is 0 Å². The molecule has 1 fully saturated rings. The molecule has 1 saturated heterocycles. The van der Waals surface area contributed by atoms with Gasteiger partial charge in [0, 0.05) is 0 Å². The molecule has 2 heterocycles. The van der Waals surface area contributed by atoms with E-state index in [1.165, 1.54) is 0 Å². The van der Waals surface area contributed by atoms with E-state index < -0.39 is 11.6 Å². The summed E-state index contributed by atoms with van der Waals surface area (Å²) in [6.45, 7) is 5.73. The summed E-state index contributed by atoms with van der Waals surface area (Å²) in [6.07, 6.45) is 1.92. The molecule has 0 spiro atoms.